The molecule has 0 aliphatic carbocycles. The van der Waals surface area contributed by atoms with Crippen molar-refractivity contribution in [2.45, 2.75) is 38.1 Å². The van der Waals surface area contributed by atoms with Crippen molar-refractivity contribution in [3.63, 3.8) is 0 Å². The summed E-state index contributed by atoms with van der Waals surface area (Å²) in [5.74, 6) is -0.173. The topological polar surface area (TPSA) is 70.1 Å². The van der Waals surface area contributed by atoms with Crippen LogP contribution in [0.1, 0.15) is 31.7 Å². The molecule has 1 fully saturated rings. The highest BCUT2D eigenvalue weighted by Gasteiger charge is 2.49. The molecule has 3 rings (SSSR count). The van der Waals surface area contributed by atoms with Gasteiger partial charge in [-0.15, -0.1) is 0 Å². The van der Waals surface area contributed by atoms with Gasteiger partial charge in [0.25, 0.3) is 0 Å². The fourth-order valence-electron chi connectivity index (χ4n) is 4.22. The molecule has 6 nitrogen and oxygen atoms in total. The number of anilines is 1. The minimum atomic E-state index is -0.995. The van der Waals surface area contributed by atoms with Crippen molar-refractivity contribution < 1.29 is 19.4 Å². The molecule has 1 amide bonds. The summed E-state index contributed by atoms with van der Waals surface area (Å²) in [6.07, 6.45) is 2.16. The summed E-state index contributed by atoms with van der Waals surface area (Å²) in [6.45, 7) is 4.02. The number of carbonyl (C=O) groups is 2. The van der Waals surface area contributed by atoms with E-state index in [1.165, 1.54) is 7.11 Å². The van der Waals surface area contributed by atoms with Crippen molar-refractivity contribution in [2.24, 2.45) is 0 Å². The van der Waals surface area contributed by atoms with Gasteiger partial charge in [0, 0.05) is 31.7 Å². The van der Waals surface area contributed by atoms with Crippen molar-refractivity contribution in [3.05, 3.63) is 60.2 Å². The van der Waals surface area contributed by atoms with Crippen molar-refractivity contribution >= 4 is 17.6 Å². The molecule has 6 heteroatoms. The molecule has 2 aromatic carbocycles. The maximum Gasteiger partial charge on any atom is 0.332 e. The van der Waals surface area contributed by atoms with Crippen LogP contribution in [-0.4, -0.2) is 54.2 Å². The van der Waals surface area contributed by atoms with E-state index in [0.29, 0.717) is 32.4 Å². The molecule has 1 N–H and O–H groups in total. The SMILES string of the molecule is CCC(=O)N(c1ccccc1)C1(C(=O)OC)CCN(CCc2cccc(O)c2)CC1. The Morgan fingerprint density at radius 3 is 2.40 bits per heavy atom. The number of methoxy groups -OCH3 is 1. The number of ether oxygens (including phenoxy) is 1. The first-order valence-electron chi connectivity index (χ1n) is 10.5. The van der Waals surface area contributed by atoms with Crippen LogP contribution in [0.2, 0.25) is 0 Å². The largest absolute Gasteiger partial charge is 0.508 e. The van der Waals surface area contributed by atoms with Crippen LogP contribution in [0.15, 0.2) is 54.6 Å². The van der Waals surface area contributed by atoms with Gasteiger partial charge in [0.15, 0.2) is 0 Å². The quantitative estimate of drug-likeness (QED) is 0.709. The molecular weight excluding hydrogens is 380 g/mol. The lowest BCUT2D eigenvalue weighted by molar-refractivity contribution is -0.151. The van der Waals surface area contributed by atoms with E-state index in [0.717, 1.165) is 24.2 Å². The molecule has 0 bridgehead atoms. The number of hydrogen-bond donors (Lipinski definition) is 1. The summed E-state index contributed by atoms with van der Waals surface area (Å²) in [5.41, 5.74) is 0.805. The van der Waals surface area contributed by atoms with Gasteiger partial charge in [0.2, 0.25) is 5.91 Å². The van der Waals surface area contributed by atoms with Crippen LogP contribution in [0.4, 0.5) is 5.69 Å². The Labute approximate surface area is 178 Å². The summed E-state index contributed by atoms with van der Waals surface area (Å²) in [4.78, 5) is 29.9. The van der Waals surface area contributed by atoms with Crippen LogP contribution in [0.5, 0.6) is 5.75 Å². The Kier molecular flexibility index (Phi) is 7.11. The molecule has 0 radical (unpaired) electrons. The molecule has 1 aliphatic rings. The third kappa shape index (κ3) is 4.65. The second kappa shape index (κ2) is 9.76. The maximum absolute atomic E-state index is 13.0. The van der Waals surface area contributed by atoms with Crippen LogP contribution >= 0.6 is 0 Å². The third-order valence-corrected chi connectivity index (χ3v) is 5.87. The molecule has 1 saturated heterocycles. The van der Waals surface area contributed by atoms with E-state index in [9.17, 15) is 14.7 Å². The van der Waals surface area contributed by atoms with E-state index in [-0.39, 0.29) is 17.6 Å². The molecule has 0 unspecified atom stereocenters. The van der Waals surface area contributed by atoms with Crippen molar-refractivity contribution in [2.75, 3.05) is 31.6 Å². The zero-order chi connectivity index (χ0) is 21.6. The van der Waals surface area contributed by atoms with Gasteiger partial charge < -0.3 is 14.7 Å². The number of likely N-dealkylation sites (tertiary alicyclic amines) is 1. The summed E-state index contributed by atoms with van der Waals surface area (Å²) in [7, 11) is 1.39. The Bertz CT molecular complexity index is 861. The number of aromatic hydroxyl groups is 1. The van der Waals surface area contributed by atoms with Gasteiger partial charge in [0.1, 0.15) is 11.3 Å². The lowest BCUT2D eigenvalue weighted by atomic mass is 9.84. The van der Waals surface area contributed by atoms with Gasteiger partial charge in [-0.05, 0) is 49.1 Å². The number of para-hydroxylation sites is 1. The van der Waals surface area contributed by atoms with E-state index < -0.39 is 5.54 Å². The summed E-state index contributed by atoms with van der Waals surface area (Å²) >= 11 is 0. The molecular formula is C24H30N2O4. The highest BCUT2D eigenvalue weighted by Crippen LogP contribution is 2.35. The predicted molar refractivity (Wildman–Crippen MR) is 116 cm³/mol. The Morgan fingerprint density at radius 1 is 1.10 bits per heavy atom. The van der Waals surface area contributed by atoms with E-state index >= 15 is 0 Å². The van der Waals surface area contributed by atoms with Crippen LogP contribution in [-0.2, 0) is 20.7 Å². The standard InChI is InChI=1S/C24H30N2O4/c1-3-22(28)26(20-9-5-4-6-10-20)24(23(29)30-2)13-16-25(17-14-24)15-12-19-8-7-11-21(27)18-19/h4-11,18,27H,3,12-17H2,1-2H3. The fourth-order valence-corrected chi connectivity index (χ4v) is 4.22. The number of carbonyl (C=O) groups excluding carboxylic acids is 2. The lowest BCUT2D eigenvalue weighted by Gasteiger charge is -2.46. The molecule has 160 valence electrons. The highest BCUT2D eigenvalue weighted by molar-refractivity contribution is 6.02. The maximum atomic E-state index is 13.0. The Morgan fingerprint density at radius 2 is 1.80 bits per heavy atom. The molecule has 0 aromatic heterocycles. The first kappa shape index (κ1) is 21.8. The minimum absolute atomic E-state index is 0.0835. The zero-order valence-corrected chi connectivity index (χ0v) is 17.7. The number of esters is 1. The summed E-state index contributed by atoms with van der Waals surface area (Å²) in [5, 5.41) is 9.65. The van der Waals surface area contributed by atoms with Crippen LogP contribution in [0.3, 0.4) is 0 Å². The number of hydrogen-bond acceptors (Lipinski definition) is 5. The number of phenolic OH excluding ortho intramolecular Hbond substituents is 1. The van der Waals surface area contributed by atoms with Gasteiger partial charge in [0.05, 0.1) is 7.11 Å². The molecule has 0 atom stereocenters. The van der Waals surface area contributed by atoms with Gasteiger partial charge in [-0.1, -0.05) is 37.3 Å². The summed E-state index contributed by atoms with van der Waals surface area (Å²) in [6, 6.07) is 16.7. The summed E-state index contributed by atoms with van der Waals surface area (Å²) < 4.78 is 5.19. The average Bonchev–Trinajstić information content (AvgIpc) is 2.78. The molecule has 0 spiro atoms. The van der Waals surface area contributed by atoms with E-state index in [4.69, 9.17) is 4.74 Å². The predicted octanol–water partition coefficient (Wildman–Crippen LogP) is 3.39. The van der Waals surface area contributed by atoms with E-state index in [1.807, 2.05) is 49.4 Å². The van der Waals surface area contributed by atoms with Crippen LogP contribution in [0, 0.1) is 0 Å². The molecule has 0 saturated carbocycles. The van der Waals surface area contributed by atoms with Gasteiger partial charge >= 0.3 is 5.97 Å². The molecule has 1 aliphatic heterocycles. The Balaban J connectivity index is 1.78. The molecule has 1 heterocycles. The van der Waals surface area contributed by atoms with Crippen molar-refractivity contribution in [1.29, 1.82) is 0 Å². The highest BCUT2D eigenvalue weighted by atomic mass is 16.5. The van der Waals surface area contributed by atoms with Gasteiger partial charge in [-0.3, -0.25) is 9.69 Å². The second-order valence-corrected chi connectivity index (χ2v) is 7.70. The first-order valence-corrected chi connectivity index (χ1v) is 10.5. The second-order valence-electron chi connectivity index (χ2n) is 7.70. The zero-order valence-electron chi connectivity index (χ0n) is 17.7. The Hall–Kier alpha value is -2.86. The average molecular weight is 411 g/mol. The van der Waals surface area contributed by atoms with Crippen molar-refractivity contribution in [3.8, 4) is 5.75 Å². The number of rotatable bonds is 7. The first-order chi connectivity index (χ1) is 14.5. The number of phenols is 1. The minimum Gasteiger partial charge on any atom is -0.508 e. The number of benzene rings is 2. The van der Waals surface area contributed by atoms with Crippen molar-refractivity contribution in [1.82, 2.24) is 4.90 Å². The molecule has 30 heavy (non-hydrogen) atoms. The van der Waals surface area contributed by atoms with E-state index in [1.54, 1.807) is 17.0 Å². The lowest BCUT2D eigenvalue weighted by Crippen LogP contribution is -2.62. The third-order valence-electron chi connectivity index (χ3n) is 5.87. The monoisotopic (exact) mass is 410 g/mol. The van der Waals surface area contributed by atoms with E-state index in [2.05, 4.69) is 4.90 Å². The van der Waals surface area contributed by atoms with Crippen LogP contribution < -0.4 is 4.90 Å². The van der Waals surface area contributed by atoms with Gasteiger partial charge in [-0.2, -0.15) is 0 Å². The number of piperidine rings is 1. The fraction of sp³-hybridized carbons (Fsp3) is 0.417. The van der Waals surface area contributed by atoms with Crippen LogP contribution in [0.25, 0.3) is 0 Å². The van der Waals surface area contributed by atoms with Gasteiger partial charge in [-0.25, -0.2) is 4.79 Å². The number of nitrogens with zero attached hydrogens (tertiary/aromatic N) is 2. The molecule has 2 aromatic rings. The normalized spacial score (nSPS) is 16.1. The smallest absolute Gasteiger partial charge is 0.332 e. The number of amides is 1.